The minimum absolute atomic E-state index is 0.255. The van der Waals surface area contributed by atoms with Gasteiger partial charge in [-0.1, -0.05) is 0 Å². The van der Waals surface area contributed by atoms with E-state index in [0.717, 1.165) is 11.3 Å². The van der Waals surface area contributed by atoms with Gasteiger partial charge < -0.3 is 9.30 Å². The summed E-state index contributed by atoms with van der Waals surface area (Å²) in [7, 11) is 0. The fourth-order valence-corrected chi connectivity index (χ4v) is 2.43. The van der Waals surface area contributed by atoms with Crippen molar-refractivity contribution in [3.05, 3.63) is 29.3 Å². The van der Waals surface area contributed by atoms with Crippen LogP contribution in [-0.4, -0.2) is 28.0 Å². The molecule has 0 bridgehead atoms. The van der Waals surface area contributed by atoms with Crippen LogP contribution in [0.15, 0.2) is 12.1 Å². The maximum Gasteiger partial charge on any atom is 0.307 e. The standard InChI is InChI=1S/C15H18ClFN2O2/c1-3-21-15(20)5-7-19-13-8-10(2)11(17)9-12(13)18-14(19)4-6-16/h8-9H,3-7H2,1-2H3. The molecule has 21 heavy (non-hydrogen) atoms. The summed E-state index contributed by atoms with van der Waals surface area (Å²) in [5.41, 5.74) is 1.96. The molecule has 1 aromatic heterocycles. The van der Waals surface area contributed by atoms with Crippen LogP contribution in [0.4, 0.5) is 4.39 Å². The molecular weight excluding hydrogens is 295 g/mol. The Morgan fingerprint density at radius 3 is 2.90 bits per heavy atom. The topological polar surface area (TPSA) is 44.1 Å². The Morgan fingerprint density at radius 1 is 1.48 bits per heavy atom. The number of imidazole rings is 1. The van der Waals surface area contributed by atoms with Gasteiger partial charge in [0, 0.05) is 24.9 Å². The fourth-order valence-electron chi connectivity index (χ4n) is 2.26. The van der Waals surface area contributed by atoms with E-state index < -0.39 is 0 Å². The molecule has 0 saturated carbocycles. The van der Waals surface area contributed by atoms with Crippen LogP contribution in [0.2, 0.25) is 0 Å². The molecule has 0 fully saturated rings. The summed E-state index contributed by atoms with van der Waals surface area (Å²) in [6.07, 6.45) is 0.824. The molecule has 1 heterocycles. The number of aryl methyl sites for hydroxylation is 3. The first-order chi connectivity index (χ1) is 10.1. The van der Waals surface area contributed by atoms with Gasteiger partial charge >= 0.3 is 5.97 Å². The van der Waals surface area contributed by atoms with Crippen molar-refractivity contribution in [3.8, 4) is 0 Å². The first-order valence-electron chi connectivity index (χ1n) is 6.93. The highest BCUT2D eigenvalue weighted by atomic mass is 35.5. The molecule has 1 aromatic carbocycles. The van der Waals surface area contributed by atoms with Gasteiger partial charge in [-0.05, 0) is 25.5 Å². The molecule has 0 spiro atoms. The number of hydrogen-bond acceptors (Lipinski definition) is 3. The van der Waals surface area contributed by atoms with Gasteiger partial charge in [-0.25, -0.2) is 9.37 Å². The molecule has 0 aliphatic carbocycles. The van der Waals surface area contributed by atoms with Crippen molar-refractivity contribution in [3.63, 3.8) is 0 Å². The Labute approximate surface area is 127 Å². The summed E-state index contributed by atoms with van der Waals surface area (Å²) in [5.74, 6) is 0.642. The van der Waals surface area contributed by atoms with Crippen molar-refractivity contribution in [2.45, 2.75) is 33.2 Å². The number of rotatable bonds is 6. The number of halogens is 2. The molecule has 114 valence electrons. The summed E-state index contributed by atoms with van der Waals surface area (Å²) < 4.78 is 20.5. The van der Waals surface area contributed by atoms with Gasteiger partial charge in [-0.2, -0.15) is 0 Å². The second-order valence-electron chi connectivity index (χ2n) is 4.76. The van der Waals surface area contributed by atoms with Gasteiger partial charge in [0.2, 0.25) is 0 Å². The summed E-state index contributed by atoms with van der Waals surface area (Å²) in [4.78, 5) is 15.9. The van der Waals surface area contributed by atoms with Crippen molar-refractivity contribution in [2.24, 2.45) is 0 Å². The van der Waals surface area contributed by atoms with Crippen molar-refractivity contribution in [1.29, 1.82) is 0 Å². The van der Waals surface area contributed by atoms with E-state index in [1.54, 1.807) is 19.9 Å². The molecule has 0 N–H and O–H groups in total. The van der Waals surface area contributed by atoms with E-state index in [4.69, 9.17) is 16.3 Å². The van der Waals surface area contributed by atoms with Crippen molar-refractivity contribution in [1.82, 2.24) is 9.55 Å². The number of fused-ring (bicyclic) bond motifs is 1. The summed E-state index contributed by atoms with van der Waals surface area (Å²) >= 11 is 5.79. The van der Waals surface area contributed by atoms with Gasteiger partial charge in [-0.3, -0.25) is 4.79 Å². The quantitative estimate of drug-likeness (QED) is 0.607. The first kappa shape index (κ1) is 15.8. The normalized spacial score (nSPS) is 11.0. The molecule has 2 aromatic rings. The molecule has 0 amide bonds. The van der Waals surface area contributed by atoms with Gasteiger partial charge in [0.05, 0.1) is 24.1 Å². The Kier molecular flexibility index (Phi) is 5.17. The minimum atomic E-state index is -0.282. The highest BCUT2D eigenvalue weighted by molar-refractivity contribution is 6.17. The van der Waals surface area contributed by atoms with Gasteiger partial charge in [0.15, 0.2) is 0 Å². The van der Waals surface area contributed by atoms with E-state index in [9.17, 15) is 9.18 Å². The maximum absolute atomic E-state index is 13.6. The number of nitrogens with zero attached hydrogens (tertiary/aromatic N) is 2. The number of esters is 1. The lowest BCUT2D eigenvalue weighted by Gasteiger charge is -2.08. The minimum Gasteiger partial charge on any atom is -0.466 e. The summed E-state index contributed by atoms with van der Waals surface area (Å²) in [5, 5.41) is 0. The van der Waals surface area contributed by atoms with Crippen LogP contribution in [0.1, 0.15) is 24.7 Å². The van der Waals surface area contributed by atoms with Crippen LogP contribution in [0.5, 0.6) is 0 Å². The third-order valence-electron chi connectivity index (χ3n) is 3.27. The third-order valence-corrected chi connectivity index (χ3v) is 3.46. The Bertz CT molecular complexity index is 655. The number of carbonyl (C=O) groups excluding carboxylic acids is 1. The number of aromatic nitrogens is 2. The van der Waals surface area contributed by atoms with Crippen molar-refractivity contribution in [2.75, 3.05) is 12.5 Å². The Balaban J connectivity index is 2.36. The Hall–Kier alpha value is -1.62. The zero-order valence-corrected chi connectivity index (χ0v) is 12.9. The van der Waals surface area contributed by atoms with E-state index in [1.807, 2.05) is 4.57 Å². The number of benzene rings is 1. The second kappa shape index (κ2) is 6.89. The predicted molar refractivity (Wildman–Crippen MR) is 80.1 cm³/mol. The third kappa shape index (κ3) is 3.53. The molecule has 0 radical (unpaired) electrons. The molecule has 0 atom stereocenters. The van der Waals surface area contributed by atoms with Crippen LogP contribution in [-0.2, 0) is 22.5 Å². The zero-order valence-electron chi connectivity index (χ0n) is 12.2. The highest BCUT2D eigenvalue weighted by Crippen LogP contribution is 2.21. The maximum atomic E-state index is 13.6. The van der Waals surface area contributed by atoms with Crippen LogP contribution >= 0.6 is 11.6 Å². The largest absolute Gasteiger partial charge is 0.466 e. The van der Waals surface area contributed by atoms with E-state index in [1.165, 1.54) is 6.07 Å². The van der Waals surface area contributed by atoms with Crippen LogP contribution in [0, 0.1) is 12.7 Å². The van der Waals surface area contributed by atoms with Crippen LogP contribution in [0.3, 0.4) is 0 Å². The monoisotopic (exact) mass is 312 g/mol. The van der Waals surface area contributed by atoms with E-state index in [-0.39, 0.29) is 18.2 Å². The van der Waals surface area contributed by atoms with Gasteiger partial charge in [0.1, 0.15) is 11.6 Å². The zero-order chi connectivity index (χ0) is 15.4. The van der Waals surface area contributed by atoms with E-state index in [2.05, 4.69) is 4.98 Å². The predicted octanol–water partition coefficient (Wildman–Crippen LogP) is 3.22. The lowest BCUT2D eigenvalue weighted by atomic mass is 10.2. The molecule has 6 heteroatoms. The van der Waals surface area contributed by atoms with Crippen LogP contribution < -0.4 is 0 Å². The number of alkyl halides is 1. The first-order valence-corrected chi connectivity index (χ1v) is 7.47. The molecule has 2 rings (SSSR count). The van der Waals surface area contributed by atoms with Gasteiger partial charge in [0.25, 0.3) is 0 Å². The van der Waals surface area contributed by atoms with E-state index >= 15 is 0 Å². The molecule has 4 nitrogen and oxygen atoms in total. The summed E-state index contributed by atoms with van der Waals surface area (Å²) in [6, 6.07) is 3.17. The molecule has 0 unspecified atom stereocenters. The Morgan fingerprint density at radius 2 is 2.24 bits per heavy atom. The fraction of sp³-hybridized carbons (Fsp3) is 0.467. The van der Waals surface area contributed by atoms with E-state index in [0.29, 0.717) is 36.5 Å². The lowest BCUT2D eigenvalue weighted by Crippen LogP contribution is -2.11. The molecule has 0 aliphatic rings. The van der Waals surface area contributed by atoms with Crippen molar-refractivity contribution < 1.29 is 13.9 Å². The SMILES string of the molecule is CCOC(=O)CCn1c(CCCl)nc2cc(F)c(C)cc21. The summed E-state index contributed by atoms with van der Waals surface area (Å²) in [6.45, 7) is 4.29. The van der Waals surface area contributed by atoms with Crippen molar-refractivity contribution >= 4 is 28.6 Å². The molecule has 0 aliphatic heterocycles. The number of hydrogen-bond donors (Lipinski definition) is 0. The number of ether oxygens (including phenoxy) is 1. The second-order valence-corrected chi connectivity index (χ2v) is 5.14. The average molecular weight is 313 g/mol. The average Bonchev–Trinajstić information content (AvgIpc) is 2.75. The number of carbonyl (C=O) groups is 1. The van der Waals surface area contributed by atoms with Crippen LogP contribution in [0.25, 0.3) is 11.0 Å². The smallest absolute Gasteiger partial charge is 0.307 e. The lowest BCUT2D eigenvalue weighted by molar-refractivity contribution is -0.143. The highest BCUT2D eigenvalue weighted by Gasteiger charge is 2.14. The molecular formula is C15H18ClFN2O2. The molecule has 0 saturated heterocycles. The van der Waals surface area contributed by atoms with Gasteiger partial charge in [-0.15, -0.1) is 11.6 Å².